The number of carbonyl (C=O) groups is 1. The summed E-state index contributed by atoms with van der Waals surface area (Å²) in [5, 5.41) is 2.82. The van der Waals surface area contributed by atoms with Gasteiger partial charge in [-0.15, -0.1) is 0 Å². The normalized spacial score (nSPS) is 15.9. The zero-order chi connectivity index (χ0) is 22.2. The van der Waals surface area contributed by atoms with Crippen LogP contribution in [0, 0.1) is 0 Å². The number of hydrogen-bond acceptors (Lipinski definition) is 6. The highest BCUT2D eigenvalue weighted by atomic mass is 16.5. The van der Waals surface area contributed by atoms with Gasteiger partial charge in [0.2, 0.25) is 0 Å². The number of carbonyl (C=O) groups excluding carboxylic acids is 1. The largest absolute Gasteiger partial charge is 0.489 e. The molecule has 0 spiro atoms. The predicted molar refractivity (Wildman–Crippen MR) is 122 cm³/mol. The number of piperazine rings is 1. The fraction of sp³-hybridized carbons (Fsp3) is 0.360. The molecule has 3 aromatic rings. The van der Waals surface area contributed by atoms with E-state index in [2.05, 4.69) is 38.3 Å². The smallest absolute Gasteiger partial charge is 0.287 e. The van der Waals surface area contributed by atoms with Crippen LogP contribution < -0.4 is 10.1 Å². The number of ether oxygens (including phenoxy) is 1. The van der Waals surface area contributed by atoms with Crippen LogP contribution in [0.1, 0.15) is 28.6 Å². The van der Waals surface area contributed by atoms with Gasteiger partial charge in [-0.25, -0.2) is 0 Å². The van der Waals surface area contributed by atoms with Crippen LogP contribution in [0.2, 0.25) is 0 Å². The van der Waals surface area contributed by atoms with E-state index in [-0.39, 0.29) is 12.0 Å². The lowest BCUT2D eigenvalue weighted by molar-refractivity contribution is 0.0904. The number of nitrogens with zero attached hydrogens (tertiary/aromatic N) is 3. The summed E-state index contributed by atoms with van der Waals surface area (Å²) in [5.74, 6) is 0.871. The van der Waals surface area contributed by atoms with Crippen LogP contribution >= 0.6 is 0 Å². The van der Waals surface area contributed by atoms with Gasteiger partial charge in [-0.1, -0.05) is 18.2 Å². The summed E-state index contributed by atoms with van der Waals surface area (Å²) in [6, 6.07) is 15.7. The van der Waals surface area contributed by atoms with Crippen LogP contribution in [-0.2, 0) is 13.1 Å². The molecule has 4 rings (SSSR count). The molecule has 0 saturated carbocycles. The Morgan fingerprint density at radius 3 is 2.38 bits per heavy atom. The zero-order valence-electron chi connectivity index (χ0n) is 18.4. The van der Waals surface area contributed by atoms with Gasteiger partial charge in [-0.05, 0) is 48.4 Å². The Bertz CT molecular complexity index is 953. The molecule has 32 heavy (non-hydrogen) atoms. The number of aromatic nitrogens is 1. The van der Waals surface area contributed by atoms with E-state index in [1.165, 1.54) is 17.4 Å². The summed E-state index contributed by atoms with van der Waals surface area (Å²) in [4.78, 5) is 21.1. The fourth-order valence-corrected chi connectivity index (χ4v) is 3.79. The minimum absolute atomic E-state index is 0.146. The van der Waals surface area contributed by atoms with Crippen molar-refractivity contribution in [2.45, 2.75) is 26.1 Å². The van der Waals surface area contributed by atoms with Crippen LogP contribution in [0.4, 0.5) is 0 Å². The molecule has 7 nitrogen and oxygen atoms in total. The number of rotatable bonds is 9. The molecule has 3 heterocycles. The number of hydrogen-bond donors (Lipinski definition) is 1. The van der Waals surface area contributed by atoms with Gasteiger partial charge in [0, 0.05) is 51.7 Å². The maximum absolute atomic E-state index is 11.9. The van der Waals surface area contributed by atoms with Crippen molar-refractivity contribution in [1.82, 2.24) is 20.1 Å². The molecule has 168 valence electrons. The Balaban J connectivity index is 1.17. The van der Waals surface area contributed by atoms with E-state index in [0.717, 1.165) is 45.0 Å². The summed E-state index contributed by atoms with van der Waals surface area (Å²) < 4.78 is 11.0. The molecule has 1 aliphatic rings. The second-order valence-electron chi connectivity index (χ2n) is 8.17. The fourth-order valence-electron chi connectivity index (χ4n) is 3.79. The molecule has 1 unspecified atom stereocenters. The van der Waals surface area contributed by atoms with Gasteiger partial charge < -0.3 is 14.5 Å². The second kappa shape index (κ2) is 10.9. The molecule has 0 bridgehead atoms. The van der Waals surface area contributed by atoms with Gasteiger partial charge in [-0.3, -0.25) is 19.6 Å². The lowest BCUT2D eigenvalue weighted by Gasteiger charge is -2.34. The molecule has 0 aliphatic carbocycles. The van der Waals surface area contributed by atoms with E-state index in [1.54, 1.807) is 12.1 Å². The minimum atomic E-state index is -0.235. The topological polar surface area (TPSA) is 70.8 Å². The maximum atomic E-state index is 11.9. The van der Waals surface area contributed by atoms with E-state index in [1.807, 2.05) is 37.5 Å². The van der Waals surface area contributed by atoms with Crippen LogP contribution in [0.25, 0.3) is 0 Å². The third-order valence-electron chi connectivity index (χ3n) is 5.56. The van der Waals surface area contributed by atoms with E-state index in [0.29, 0.717) is 12.3 Å². The molecule has 1 atom stereocenters. The lowest BCUT2D eigenvalue weighted by Crippen LogP contribution is -2.45. The molecule has 1 aromatic carbocycles. The standard InChI is InChI=1S/C25H30N4O3/c1-20(16-27-25(30)24-5-3-15-31-24)32-23-8-6-21(7-9-23)18-28-11-13-29(14-12-28)19-22-4-2-10-26-17-22/h2-10,15,17,20H,11-14,16,18-19H2,1H3,(H,27,30). The first kappa shape index (κ1) is 22.0. The molecular formula is C25H30N4O3. The molecule has 1 amide bonds. The third kappa shape index (κ3) is 6.42. The van der Waals surface area contributed by atoms with Crippen LogP contribution in [-0.4, -0.2) is 59.5 Å². The van der Waals surface area contributed by atoms with Crippen molar-refractivity contribution < 1.29 is 13.9 Å². The predicted octanol–water partition coefficient (Wildman–Crippen LogP) is 3.19. The van der Waals surface area contributed by atoms with Crippen LogP contribution in [0.3, 0.4) is 0 Å². The van der Waals surface area contributed by atoms with Crippen molar-refractivity contribution in [3.63, 3.8) is 0 Å². The third-order valence-corrected chi connectivity index (χ3v) is 5.56. The minimum Gasteiger partial charge on any atom is -0.489 e. The molecule has 2 aromatic heterocycles. The number of furan rings is 1. The quantitative estimate of drug-likeness (QED) is 0.558. The Labute approximate surface area is 189 Å². The molecule has 1 N–H and O–H groups in total. The molecule has 7 heteroatoms. The van der Waals surface area contributed by atoms with Gasteiger partial charge in [-0.2, -0.15) is 0 Å². The van der Waals surface area contributed by atoms with E-state index in [9.17, 15) is 4.79 Å². The molecular weight excluding hydrogens is 404 g/mol. The van der Waals surface area contributed by atoms with Crippen LogP contribution in [0.15, 0.2) is 71.6 Å². The first-order chi connectivity index (χ1) is 15.7. The second-order valence-corrected chi connectivity index (χ2v) is 8.17. The highest BCUT2D eigenvalue weighted by Gasteiger charge is 2.17. The Morgan fingerprint density at radius 1 is 1.03 bits per heavy atom. The van der Waals surface area contributed by atoms with Gasteiger partial charge in [0.05, 0.1) is 12.8 Å². The molecule has 1 saturated heterocycles. The van der Waals surface area contributed by atoms with Crippen molar-refractivity contribution >= 4 is 5.91 Å². The average Bonchev–Trinajstić information content (AvgIpc) is 3.36. The first-order valence-corrected chi connectivity index (χ1v) is 11.1. The average molecular weight is 435 g/mol. The Kier molecular flexibility index (Phi) is 7.53. The van der Waals surface area contributed by atoms with E-state index in [4.69, 9.17) is 9.15 Å². The Morgan fingerprint density at radius 2 is 1.75 bits per heavy atom. The highest BCUT2D eigenvalue weighted by Crippen LogP contribution is 2.16. The van der Waals surface area contributed by atoms with E-state index >= 15 is 0 Å². The number of pyridine rings is 1. The van der Waals surface area contributed by atoms with Crippen LogP contribution in [0.5, 0.6) is 5.75 Å². The summed E-state index contributed by atoms with van der Waals surface area (Å²) in [7, 11) is 0. The Hall–Kier alpha value is -3.16. The van der Waals surface area contributed by atoms with E-state index < -0.39 is 0 Å². The van der Waals surface area contributed by atoms with Gasteiger partial charge >= 0.3 is 0 Å². The summed E-state index contributed by atoms with van der Waals surface area (Å²) in [6.07, 6.45) is 5.11. The van der Waals surface area contributed by atoms with Crippen molar-refractivity contribution in [2.24, 2.45) is 0 Å². The van der Waals surface area contributed by atoms with Crippen molar-refractivity contribution in [2.75, 3.05) is 32.7 Å². The SMILES string of the molecule is CC(CNC(=O)c1ccco1)Oc1ccc(CN2CCN(Cc3cccnc3)CC2)cc1. The summed E-state index contributed by atoms with van der Waals surface area (Å²) >= 11 is 0. The number of nitrogens with one attached hydrogen (secondary N) is 1. The van der Waals surface area contributed by atoms with Crippen molar-refractivity contribution in [3.05, 3.63) is 84.1 Å². The monoisotopic (exact) mass is 434 g/mol. The maximum Gasteiger partial charge on any atom is 0.287 e. The van der Waals surface area contributed by atoms with Gasteiger partial charge in [0.1, 0.15) is 11.9 Å². The molecule has 1 fully saturated rings. The summed E-state index contributed by atoms with van der Waals surface area (Å²) in [6.45, 7) is 8.50. The van der Waals surface area contributed by atoms with Gasteiger partial charge in [0.15, 0.2) is 5.76 Å². The molecule has 0 radical (unpaired) electrons. The highest BCUT2D eigenvalue weighted by molar-refractivity contribution is 5.91. The molecule has 1 aliphatic heterocycles. The lowest BCUT2D eigenvalue weighted by atomic mass is 10.2. The zero-order valence-corrected chi connectivity index (χ0v) is 18.4. The van der Waals surface area contributed by atoms with Crippen molar-refractivity contribution in [3.8, 4) is 5.75 Å². The first-order valence-electron chi connectivity index (χ1n) is 11.1. The van der Waals surface area contributed by atoms with Gasteiger partial charge in [0.25, 0.3) is 5.91 Å². The number of benzene rings is 1. The number of amides is 1. The summed E-state index contributed by atoms with van der Waals surface area (Å²) in [5.41, 5.74) is 2.54. The van der Waals surface area contributed by atoms with Crippen molar-refractivity contribution in [1.29, 1.82) is 0 Å².